The molecule has 1 fully saturated rings. The number of hydrogen-bond donors (Lipinski definition) is 1. The molecule has 0 aromatic carbocycles. The highest BCUT2D eigenvalue weighted by molar-refractivity contribution is 7.11. The van der Waals surface area contributed by atoms with Crippen molar-refractivity contribution in [3.63, 3.8) is 0 Å². The highest BCUT2D eigenvalue weighted by Gasteiger charge is 2.22. The van der Waals surface area contributed by atoms with E-state index in [0.29, 0.717) is 11.9 Å². The minimum absolute atomic E-state index is 0.303. The fourth-order valence-corrected chi connectivity index (χ4v) is 4.01. The molecule has 0 aliphatic carbocycles. The molecular weight excluding hydrogens is 304 g/mol. The fraction of sp³-hybridized carbons (Fsp3) is 0.571. The molecule has 1 aliphatic heterocycles. The van der Waals surface area contributed by atoms with Crippen LogP contribution in [0.5, 0.6) is 0 Å². The molecule has 7 heteroatoms. The summed E-state index contributed by atoms with van der Waals surface area (Å²) < 4.78 is 10.1. The lowest BCUT2D eigenvalue weighted by molar-refractivity contribution is 0.0217. The van der Waals surface area contributed by atoms with Gasteiger partial charge in [-0.2, -0.15) is 4.37 Å². The van der Waals surface area contributed by atoms with Gasteiger partial charge in [-0.15, -0.1) is 11.3 Å². The number of rotatable bonds is 4. The van der Waals surface area contributed by atoms with Crippen molar-refractivity contribution in [1.29, 1.82) is 0 Å². The molecule has 5 nitrogen and oxygen atoms in total. The van der Waals surface area contributed by atoms with Gasteiger partial charge in [0.25, 0.3) is 0 Å². The predicted molar refractivity (Wildman–Crippen MR) is 89.2 cm³/mol. The molecule has 0 radical (unpaired) electrons. The Balaban J connectivity index is 1.81. The van der Waals surface area contributed by atoms with E-state index < -0.39 is 0 Å². The van der Waals surface area contributed by atoms with Gasteiger partial charge in [0.2, 0.25) is 0 Å². The van der Waals surface area contributed by atoms with E-state index in [1.165, 1.54) is 24.4 Å². The third kappa shape index (κ3) is 3.20. The zero-order valence-electron chi connectivity index (χ0n) is 12.3. The summed E-state index contributed by atoms with van der Waals surface area (Å²) in [5, 5.41) is 4.16. The highest BCUT2D eigenvalue weighted by Crippen LogP contribution is 2.39. The maximum atomic E-state index is 6.06. The van der Waals surface area contributed by atoms with Crippen molar-refractivity contribution in [2.45, 2.75) is 32.3 Å². The Bertz CT molecular complexity index is 604. The maximum absolute atomic E-state index is 6.06. The quantitative estimate of drug-likeness (QED) is 0.936. The van der Waals surface area contributed by atoms with Gasteiger partial charge in [0.15, 0.2) is 0 Å². The number of likely N-dealkylation sites (N-methyl/N-ethyl adjacent to an activating group) is 1. The van der Waals surface area contributed by atoms with Gasteiger partial charge in [-0.3, -0.25) is 0 Å². The van der Waals surface area contributed by atoms with Crippen LogP contribution in [0.3, 0.4) is 0 Å². The van der Waals surface area contributed by atoms with Crippen LogP contribution in [0.1, 0.15) is 24.3 Å². The Morgan fingerprint density at radius 3 is 3.00 bits per heavy atom. The second-order valence-corrected chi connectivity index (χ2v) is 7.18. The van der Waals surface area contributed by atoms with Gasteiger partial charge in [0.1, 0.15) is 10.8 Å². The van der Waals surface area contributed by atoms with Crippen molar-refractivity contribution in [1.82, 2.24) is 9.36 Å². The lowest BCUT2D eigenvalue weighted by Gasteiger charge is -2.28. The minimum atomic E-state index is 0.303. The van der Waals surface area contributed by atoms with Gasteiger partial charge in [-0.1, -0.05) is 0 Å². The van der Waals surface area contributed by atoms with Crippen LogP contribution in [-0.4, -0.2) is 35.7 Å². The number of anilines is 2. The number of thiazole rings is 1. The molecular formula is C14H20N4OS2. The maximum Gasteiger partial charge on any atom is 0.148 e. The van der Waals surface area contributed by atoms with E-state index >= 15 is 0 Å². The van der Waals surface area contributed by atoms with Crippen LogP contribution in [-0.2, 0) is 4.74 Å². The van der Waals surface area contributed by atoms with Crippen LogP contribution in [0, 0.1) is 6.92 Å². The molecule has 2 aromatic heterocycles. The zero-order valence-corrected chi connectivity index (χ0v) is 14.0. The summed E-state index contributed by atoms with van der Waals surface area (Å²) in [6.45, 7) is 3.75. The lowest BCUT2D eigenvalue weighted by Crippen LogP contribution is -2.33. The fourth-order valence-electron chi connectivity index (χ4n) is 2.61. The number of aromatic nitrogens is 2. The number of nitrogens with two attached hydrogens (primary N) is 1. The molecule has 3 heterocycles. The van der Waals surface area contributed by atoms with Crippen molar-refractivity contribution in [3.8, 4) is 11.3 Å². The number of hydrogen-bond acceptors (Lipinski definition) is 7. The van der Waals surface area contributed by atoms with Gasteiger partial charge >= 0.3 is 0 Å². The van der Waals surface area contributed by atoms with E-state index in [2.05, 4.69) is 21.3 Å². The van der Waals surface area contributed by atoms with Crippen LogP contribution in [0.15, 0.2) is 5.38 Å². The first kappa shape index (κ1) is 14.7. The van der Waals surface area contributed by atoms with Gasteiger partial charge in [0.05, 0.1) is 22.4 Å². The Hall–Kier alpha value is -1.18. The molecule has 3 rings (SSSR count). The van der Waals surface area contributed by atoms with Gasteiger partial charge < -0.3 is 15.4 Å². The Morgan fingerprint density at radius 2 is 2.33 bits per heavy atom. The summed E-state index contributed by atoms with van der Waals surface area (Å²) in [7, 11) is 2.08. The molecule has 21 heavy (non-hydrogen) atoms. The third-order valence-corrected chi connectivity index (χ3v) is 5.42. The Kier molecular flexibility index (Phi) is 4.42. The number of aryl methyl sites for hydroxylation is 1. The second kappa shape index (κ2) is 6.29. The van der Waals surface area contributed by atoms with Crippen LogP contribution in [0.4, 0.5) is 10.8 Å². The van der Waals surface area contributed by atoms with Crippen molar-refractivity contribution in [2.24, 2.45) is 0 Å². The van der Waals surface area contributed by atoms with Crippen molar-refractivity contribution < 1.29 is 4.74 Å². The summed E-state index contributed by atoms with van der Waals surface area (Å²) in [4.78, 5) is 6.75. The van der Waals surface area contributed by atoms with Crippen LogP contribution in [0.25, 0.3) is 11.3 Å². The average Bonchev–Trinajstić information content (AvgIpc) is 3.05. The molecule has 0 bridgehead atoms. The monoisotopic (exact) mass is 324 g/mol. The van der Waals surface area contributed by atoms with Gasteiger partial charge in [-0.25, -0.2) is 4.98 Å². The normalized spacial score (nSPS) is 18.9. The Morgan fingerprint density at radius 1 is 1.48 bits per heavy atom. The summed E-state index contributed by atoms with van der Waals surface area (Å²) in [6, 6.07) is 0. The van der Waals surface area contributed by atoms with Crippen LogP contribution >= 0.6 is 22.9 Å². The number of nitrogens with zero attached hydrogens (tertiary/aromatic N) is 3. The molecule has 1 atom stereocenters. The largest absolute Gasteiger partial charge is 0.382 e. The summed E-state index contributed by atoms with van der Waals surface area (Å²) in [5.74, 6) is 0.566. The van der Waals surface area contributed by atoms with E-state index in [1.807, 2.05) is 12.3 Å². The summed E-state index contributed by atoms with van der Waals surface area (Å²) in [6.07, 6.45) is 3.86. The average molecular weight is 324 g/mol. The van der Waals surface area contributed by atoms with Crippen LogP contribution in [0.2, 0.25) is 0 Å². The van der Waals surface area contributed by atoms with E-state index in [9.17, 15) is 0 Å². The Labute approximate surface area is 132 Å². The van der Waals surface area contributed by atoms with Crippen molar-refractivity contribution in [3.05, 3.63) is 10.4 Å². The van der Waals surface area contributed by atoms with Gasteiger partial charge in [-0.05, 0) is 37.7 Å². The molecule has 0 spiro atoms. The summed E-state index contributed by atoms with van der Waals surface area (Å²) in [5.41, 5.74) is 7.95. The molecule has 114 valence electrons. The van der Waals surface area contributed by atoms with E-state index in [4.69, 9.17) is 10.5 Å². The third-order valence-electron chi connectivity index (χ3n) is 3.67. The SMILES string of the molecule is Cc1nc(-c2c(N)nsc2N(C)CC2CCCCO2)cs1. The predicted octanol–water partition coefficient (Wildman–Crippen LogP) is 3.16. The van der Waals surface area contributed by atoms with E-state index in [-0.39, 0.29) is 0 Å². The first-order valence-electron chi connectivity index (χ1n) is 7.15. The molecule has 1 unspecified atom stereocenters. The first-order valence-corrected chi connectivity index (χ1v) is 8.81. The molecule has 2 N–H and O–H groups in total. The van der Waals surface area contributed by atoms with E-state index in [0.717, 1.165) is 40.8 Å². The smallest absolute Gasteiger partial charge is 0.148 e. The number of ether oxygens (including phenoxy) is 1. The van der Waals surface area contributed by atoms with Gasteiger partial charge in [0, 0.05) is 25.6 Å². The van der Waals surface area contributed by atoms with Crippen LogP contribution < -0.4 is 10.6 Å². The molecule has 0 saturated carbocycles. The zero-order chi connectivity index (χ0) is 14.8. The second-order valence-electron chi connectivity index (χ2n) is 5.37. The first-order chi connectivity index (χ1) is 10.1. The molecule has 1 aliphatic rings. The van der Waals surface area contributed by atoms with Crippen molar-refractivity contribution in [2.75, 3.05) is 30.8 Å². The molecule has 1 saturated heterocycles. The summed E-state index contributed by atoms with van der Waals surface area (Å²) >= 11 is 3.07. The minimum Gasteiger partial charge on any atom is -0.382 e. The highest BCUT2D eigenvalue weighted by atomic mass is 32.1. The van der Waals surface area contributed by atoms with E-state index in [1.54, 1.807) is 11.3 Å². The molecule has 2 aromatic rings. The lowest BCUT2D eigenvalue weighted by atomic mass is 10.1. The van der Waals surface area contributed by atoms with Crippen molar-refractivity contribution >= 4 is 33.7 Å². The topological polar surface area (TPSA) is 64.3 Å². The number of nitrogen functional groups attached to an aromatic ring is 1. The molecule has 0 amide bonds. The standard InChI is InChI=1S/C14H20N4OS2/c1-9-16-11(8-20-9)12-13(15)17-21-14(12)18(2)7-10-5-3-4-6-19-10/h8,10H,3-7H2,1-2H3,(H2,15,17).